The topological polar surface area (TPSA) is 58.6 Å². The summed E-state index contributed by atoms with van der Waals surface area (Å²) in [5, 5.41) is 11.5. The van der Waals surface area contributed by atoms with Gasteiger partial charge in [-0.3, -0.25) is 0 Å². The van der Waals surface area contributed by atoms with Gasteiger partial charge in [0.2, 0.25) is 0 Å². The van der Waals surface area contributed by atoms with Gasteiger partial charge in [-0.05, 0) is 12.2 Å². The van der Waals surface area contributed by atoms with E-state index in [9.17, 15) is 4.79 Å². The smallest absolute Gasteiger partial charge is 0.361 e. The molecule has 0 aromatic heterocycles. The van der Waals surface area contributed by atoms with E-state index in [2.05, 4.69) is 5.32 Å². The number of aliphatic carboxylic acids is 1. The van der Waals surface area contributed by atoms with E-state index in [1.807, 2.05) is 0 Å². The molecule has 12 heavy (non-hydrogen) atoms. The van der Waals surface area contributed by atoms with Gasteiger partial charge in [-0.25, -0.2) is 4.79 Å². The van der Waals surface area contributed by atoms with Crippen molar-refractivity contribution in [1.29, 1.82) is 0 Å². The van der Waals surface area contributed by atoms with Gasteiger partial charge in [-0.2, -0.15) is 0 Å². The SMILES string of the molecule is COC1(C(=O)O)C=CC=C(Cl)N1. The zero-order valence-electron chi connectivity index (χ0n) is 6.37. The van der Waals surface area contributed by atoms with E-state index >= 15 is 0 Å². The highest BCUT2D eigenvalue weighted by Crippen LogP contribution is 2.17. The van der Waals surface area contributed by atoms with Crippen molar-refractivity contribution < 1.29 is 14.6 Å². The Morgan fingerprint density at radius 2 is 2.50 bits per heavy atom. The first-order valence-corrected chi connectivity index (χ1v) is 3.60. The fourth-order valence-corrected chi connectivity index (χ4v) is 1.07. The fraction of sp³-hybridized carbons (Fsp3) is 0.286. The van der Waals surface area contributed by atoms with Crippen LogP contribution in [0.15, 0.2) is 23.4 Å². The minimum absolute atomic E-state index is 0.238. The highest BCUT2D eigenvalue weighted by Gasteiger charge is 2.37. The van der Waals surface area contributed by atoms with Gasteiger partial charge in [0.1, 0.15) is 5.16 Å². The number of dihydropyridines is 1. The molecule has 66 valence electrons. The third-order valence-corrected chi connectivity index (χ3v) is 1.74. The molecule has 2 N–H and O–H groups in total. The molecule has 0 amide bonds. The van der Waals surface area contributed by atoms with Crippen LogP contribution in [0, 0.1) is 0 Å². The maximum atomic E-state index is 10.7. The Hall–Kier alpha value is -1.00. The lowest BCUT2D eigenvalue weighted by Crippen LogP contribution is -2.51. The van der Waals surface area contributed by atoms with Crippen molar-refractivity contribution in [2.75, 3.05) is 7.11 Å². The molecule has 0 saturated heterocycles. The molecule has 0 saturated carbocycles. The van der Waals surface area contributed by atoms with E-state index in [1.165, 1.54) is 19.3 Å². The summed E-state index contributed by atoms with van der Waals surface area (Å²) in [5.41, 5.74) is -1.52. The van der Waals surface area contributed by atoms with Crippen molar-refractivity contribution in [1.82, 2.24) is 5.32 Å². The number of rotatable bonds is 2. The third-order valence-electron chi connectivity index (χ3n) is 1.52. The van der Waals surface area contributed by atoms with Crippen LogP contribution < -0.4 is 5.32 Å². The van der Waals surface area contributed by atoms with Gasteiger partial charge in [0.15, 0.2) is 0 Å². The first-order valence-electron chi connectivity index (χ1n) is 3.22. The number of carboxylic acids is 1. The number of allylic oxidation sites excluding steroid dienone is 2. The highest BCUT2D eigenvalue weighted by molar-refractivity contribution is 6.29. The third kappa shape index (κ3) is 1.44. The molecule has 1 aliphatic rings. The van der Waals surface area contributed by atoms with Gasteiger partial charge >= 0.3 is 5.97 Å². The van der Waals surface area contributed by atoms with Gasteiger partial charge in [0.25, 0.3) is 5.72 Å². The van der Waals surface area contributed by atoms with Crippen LogP contribution >= 0.6 is 11.6 Å². The largest absolute Gasteiger partial charge is 0.477 e. The Balaban J connectivity index is 2.92. The van der Waals surface area contributed by atoms with E-state index < -0.39 is 11.7 Å². The maximum absolute atomic E-state index is 10.7. The molecule has 1 aliphatic heterocycles. The molecular weight excluding hydrogens is 182 g/mol. The first-order chi connectivity index (χ1) is 5.60. The van der Waals surface area contributed by atoms with E-state index in [1.54, 1.807) is 6.08 Å². The highest BCUT2D eigenvalue weighted by atomic mass is 35.5. The molecule has 0 fully saturated rings. The summed E-state index contributed by atoms with van der Waals surface area (Å²) in [6.07, 6.45) is 4.44. The molecule has 5 heteroatoms. The van der Waals surface area contributed by atoms with Crippen molar-refractivity contribution >= 4 is 17.6 Å². The average Bonchev–Trinajstić information content (AvgIpc) is 2.04. The second-order valence-corrected chi connectivity index (χ2v) is 2.65. The summed E-state index contributed by atoms with van der Waals surface area (Å²) >= 11 is 5.58. The Kier molecular flexibility index (Phi) is 2.40. The van der Waals surface area contributed by atoms with Crippen LogP contribution in [0.5, 0.6) is 0 Å². The van der Waals surface area contributed by atoms with Crippen molar-refractivity contribution in [2.24, 2.45) is 0 Å². The second-order valence-electron chi connectivity index (χ2n) is 2.24. The predicted octanol–water partition coefficient (Wildman–Crippen LogP) is 0.653. The summed E-state index contributed by atoms with van der Waals surface area (Å²) in [4.78, 5) is 10.7. The Morgan fingerprint density at radius 3 is 2.83 bits per heavy atom. The number of nitrogens with one attached hydrogen (secondary N) is 1. The number of halogens is 1. The molecule has 0 radical (unpaired) electrons. The molecule has 0 spiro atoms. The van der Waals surface area contributed by atoms with Gasteiger partial charge in [-0.1, -0.05) is 17.7 Å². The summed E-state index contributed by atoms with van der Waals surface area (Å²) in [6.45, 7) is 0. The lowest BCUT2D eigenvalue weighted by Gasteiger charge is -2.27. The summed E-state index contributed by atoms with van der Waals surface area (Å²) < 4.78 is 4.79. The number of methoxy groups -OCH3 is 1. The van der Waals surface area contributed by atoms with Gasteiger partial charge in [0, 0.05) is 7.11 Å². The van der Waals surface area contributed by atoms with Crippen LogP contribution in [0.2, 0.25) is 0 Å². The predicted molar refractivity (Wildman–Crippen MR) is 43.6 cm³/mol. The first kappa shape index (κ1) is 9.09. The van der Waals surface area contributed by atoms with Gasteiger partial charge < -0.3 is 15.2 Å². The molecule has 1 heterocycles. The van der Waals surface area contributed by atoms with E-state index in [0.717, 1.165) is 0 Å². The fourth-order valence-electron chi connectivity index (χ4n) is 0.860. The summed E-state index contributed by atoms with van der Waals surface area (Å²) in [6, 6.07) is 0. The van der Waals surface area contributed by atoms with Crippen LogP contribution in [-0.2, 0) is 9.53 Å². The quantitative estimate of drug-likeness (QED) is 0.627. The van der Waals surface area contributed by atoms with Crippen molar-refractivity contribution in [3.05, 3.63) is 23.4 Å². The van der Waals surface area contributed by atoms with E-state index in [-0.39, 0.29) is 5.16 Å². The molecular formula is C7H8ClNO3. The lowest BCUT2D eigenvalue weighted by atomic mass is 10.1. The van der Waals surface area contributed by atoms with Crippen LogP contribution in [0.4, 0.5) is 0 Å². The van der Waals surface area contributed by atoms with Crippen LogP contribution in [-0.4, -0.2) is 23.9 Å². The number of hydrogen-bond acceptors (Lipinski definition) is 3. The normalized spacial score (nSPS) is 27.7. The lowest BCUT2D eigenvalue weighted by molar-refractivity contribution is -0.158. The van der Waals surface area contributed by atoms with Crippen molar-refractivity contribution in [3.63, 3.8) is 0 Å². The number of carboxylic acid groups (broad SMARTS) is 1. The van der Waals surface area contributed by atoms with Crippen LogP contribution in [0.25, 0.3) is 0 Å². The molecule has 4 nitrogen and oxygen atoms in total. The number of ether oxygens (including phenoxy) is 1. The molecule has 1 rings (SSSR count). The standard InChI is InChI=1S/C7H8ClNO3/c1-12-7(6(10)11)4-2-3-5(8)9-7/h2-4,9H,1H3,(H,10,11). The summed E-state index contributed by atoms with van der Waals surface area (Å²) in [7, 11) is 1.29. The van der Waals surface area contributed by atoms with E-state index in [0.29, 0.717) is 0 Å². The zero-order chi connectivity index (χ0) is 9.19. The minimum atomic E-state index is -1.52. The number of hydrogen-bond donors (Lipinski definition) is 2. The average molecular weight is 190 g/mol. The van der Waals surface area contributed by atoms with Gasteiger partial charge in [-0.15, -0.1) is 0 Å². The van der Waals surface area contributed by atoms with Crippen molar-refractivity contribution in [3.8, 4) is 0 Å². The molecule has 0 bridgehead atoms. The maximum Gasteiger partial charge on any atom is 0.361 e. The van der Waals surface area contributed by atoms with Crippen LogP contribution in [0.1, 0.15) is 0 Å². The Morgan fingerprint density at radius 1 is 1.83 bits per heavy atom. The molecule has 0 aliphatic carbocycles. The Bertz CT molecular complexity index is 261. The molecule has 1 atom stereocenters. The number of carbonyl (C=O) groups is 1. The van der Waals surface area contributed by atoms with Crippen LogP contribution in [0.3, 0.4) is 0 Å². The molecule has 0 aromatic carbocycles. The second kappa shape index (κ2) is 3.16. The zero-order valence-corrected chi connectivity index (χ0v) is 7.13. The van der Waals surface area contributed by atoms with E-state index in [4.69, 9.17) is 21.4 Å². The summed E-state index contributed by atoms with van der Waals surface area (Å²) in [5.74, 6) is -1.13. The van der Waals surface area contributed by atoms with Gasteiger partial charge in [0.05, 0.1) is 0 Å². The minimum Gasteiger partial charge on any atom is -0.477 e. The molecule has 1 unspecified atom stereocenters. The Labute approximate surface area is 74.5 Å². The molecule has 0 aromatic rings. The van der Waals surface area contributed by atoms with Crippen molar-refractivity contribution in [2.45, 2.75) is 5.72 Å². The monoisotopic (exact) mass is 189 g/mol.